The molecule has 0 atom stereocenters. The van der Waals surface area contributed by atoms with E-state index in [9.17, 15) is 9.59 Å². The fourth-order valence-electron chi connectivity index (χ4n) is 2.78. The fourth-order valence-corrected chi connectivity index (χ4v) is 2.78. The summed E-state index contributed by atoms with van der Waals surface area (Å²) in [5, 5.41) is 2.96. The van der Waals surface area contributed by atoms with E-state index in [2.05, 4.69) is 5.32 Å². The molecule has 0 heterocycles. The topological polar surface area (TPSA) is 46.2 Å². The van der Waals surface area contributed by atoms with Gasteiger partial charge in [-0.15, -0.1) is 0 Å². The van der Waals surface area contributed by atoms with Crippen molar-refractivity contribution in [3.05, 3.63) is 29.8 Å². The van der Waals surface area contributed by atoms with Gasteiger partial charge >= 0.3 is 0 Å². The predicted octanol–water partition coefficient (Wildman–Crippen LogP) is 4.19. The molecule has 1 N–H and O–H groups in total. The van der Waals surface area contributed by atoms with Crippen molar-refractivity contribution in [2.75, 3.05) is 5.32 Å². The quantitative estimate of drug-likeness (QED) is 0.839. The molecule has 1 aliphatic carbocycles. The molecule has 108 valence electrons. The summed E-state index contributed by atoms with van der Waals surface area (Å²) in [6.45, 7) is 1.54. The lowest BCUT2D eigenvalue weighted by molar-refractivity contribution is -0.120. The average molecular weight is 273 g/mol. The maximum absolute atomic E-state index is 12.3. The third-order valence-electron chi connectivity index (χ3n) is 4.01. The van der Waals surface area contributed by atoms with Crippen LogP contribution in [0.5, 0.6) is 0 Å². The predicted molar refractivity (Wildman–Crippen MR) is 80.9 cm³/mol. The van der Waals surface area contributed by atoms with E-state index in [0.717, 1.165) is 31.4 Å². The second-order valence-corrected chi connectivity index (χ2v) is 5.67. The van der Waals surface area contributed by atoms with Crippen LogP contribution in [0.2, 0.25) is 0 Å². The molecule has 0 spiro atoms. The Labute approximate surface area is 120 Å². The molecule has 0 radical (unpaired) electrons. The van der Waals surface area contributed by atoms with E-state index in [1.54, 1.807) is 12.1 Å². The van der Waals surface area contributed by atoms with Crippen molar-refractivity contribution in [2.24, 2.45) is 5.92 Å². The highest BCUT2D eigenvalue weighted by Crippen LogP contribution is 2.23. The molecule has 3 nitrogen and oxygen atoms in total. The molecule has 2 rings (SSSR count). The minimum atomic E-state index is 0.0204. The molecule has 1 saturated carbocycles. The normalized spacial score (nSPS) is 17.1. The highest BCUT2D eigenvalue weighted by Gasteiger charge is 2.19. The van der Waals surface area contributed by atoms with Gasteiger partial charge in [0.1, 0.15) is 0 Å². The number of anilines is 1. The first-order valence-electron chi connectivity index (χ1n) is 7.58. The standard InChI is InChI=1S/C17H23NO2/c1-13(19)15-10-7-11-16(12-15)18-17(20)14-8-5-3-2-4-6-9-14/h7,10-12,14H,2-6,8-9H2,1H3,(H,18,20). The number of hydrogen-bond donors (Lipinski definition) is 1. The minimum Gasteiger partial charge on any atom is -0.326 e. The van der Waals surface area contributed by atoms with E-state index >= 15 is 0 Å². The number of rotatable bonds is 3. The second kappa shape index (κ2) is 7.22. The summed E-state index contributed by atoms with van der Waals surface area (Å²) in [6, 6.07) is 7.18. The van der Waals surface area contributed by atoms with Crippen molar-refractivity contribution in [3.63, 3.8) is 0 Å². The molecule has 3 heteroatoms. The first-order chi connectivity index (χ1) is 9.66. The third kappa shape index (κ3) is 4.19. The molecule has 0 bridgehead atoms. The molecular weight excluding hydrogens is 250 g/mol. The zero-order valence-corrected chi connectivity index (χ0v) is 12.2. The Kier molecular flexibility index (Phi) is 5.33. The van der Waals surface area contributed by atoms with Crippen LogP contribution in [0.4, 0.5) is 5.69 Å². The van der Waals surface area contributed by atoms with Crippen molar-refractivity contribution < 1.29 is 9.59 Å². The Morgan fingerprint density at radius 1 is 1.05 bits per heavy atom. The molecular formula is C17H23NO2. The number of amides is 1. The van der Waals surface area contributed by atoms with Crippen molar-refractivity contribution in [1.82, 2.24) is 0 Å². The number of benzene rings is 1. The summed E-state index contributed by atoms with van der Waals surface area (Å²) in [5.74, 6) is 0.246. The van der Waals surface area contributed by atoms with Crippen molar-refractivity contribution in [2.45, 2.75) is 51.9 Å². The minimum absolute atomic E-state index is 0.0204. The summed E-state index contributed by atoms with van der Waals surface area (Å²) >= 11 is 0. The van der Waals surface area contributed by atoms with Crippen LogP contribution in [0.3, 0.4) is 0 Å². The Morgan fingerprint density at radius 3 is 2.35 bits per heavy atom. The molecule has 0 unspecified atom stereocenters. The summed E-state index contributed by atoms with van der Waals surface area (Å²) in [4.78, 5) is 23.7. The first-order valence-corrected chi connectivity index (χ1v) is 7.58. The summed E-state index contributed by atoms with van der Waals surface area (Å²) < 4.78 is 0. The van der Waals surface area contributed by atoms with Gasteiger partial charge in [-0.05, 0) is 31.9 Å². The number of nitrogens with one attached hydrogen (secondary N) is 1. The highest BCUT2D eigenvalue weighted by atomic mass is 16.2. The lowest BCUT2D eigenvalue weighted by Gasteiger charge is -2.19. The van der Waals surface area contributed by atoms with Gasteiger partial charge in [0.05, 0.1) is 0 Å². The lowest BCUT2D eigenvalue weighted by Crippen LogP contribution is -2.23. The maximum atomic E-state index is 12.3. The highest BCUT2D eigenvalue weighted by molar-refractivity contribution is 5.97. The molecule has 0 saturated heterocycles. The van der Waals surface area contributed by atoms with Crippen LogP contribution >= 0.6 is 0 Å². The van der Waals surface area contributed by atoms with E-state index in [-0.39, 0.29) is 17.6 Å². The van der Waals surface area contributed by atoms with Gasteiger partial charge in [0.25, 0.3) is 0 Å². The van der Waals surface area contributed by atoms with Crippen molar-refractivity contribution in [3.8, 4) is 0 Å². The molecule has 20 heavy (non-hydrogen) atoms. The SMILES string of the molecule is CC(=O)c1cccc(NC(=O)C2CCCCCCC2)c1. The number of hydrogen-bond acceptors (Lipinski definition) is 2. The summed E-state index contributed by atoms with van der Waals surface area (Å²) in [6.07, 6.45) is 8.04. The summed E-state index contributed by atoms with van der Waals surface area (Å²) in [5.41, 5.74) is 1.37. The Hall–Kier alpha value is -1.64. The van der Waals surface area contributed by atoms with Gasteiger partial charge in [-0.2, -0.15) is 0 Å². The van der Waals surface area contributed by atoms with Crippen LogP contribution in [-0.2, 0) is 4.79 Å². The number of Topliss-reactive ketones (excluding diaryl/α,β-unsaturated/α-hetero) is 1. The van der Waals surface area contributed by atoms with Crippen LogP contribution in [-0.4, -0.2) is 11.7 Å². The zero-order valence-electron chi connectivity index (χ0n) is 12.2. The number of ketones is 1. The molecule has 1 fully saturated rings. The first kappa shape index (κ1) is 14.8. The van der Waals surface area contributed by atoms with Gasteiger partial charge in [0.15, 0.2) is 5.78 Å². The van der Waals surface area contributed by atoms with Crippen molar-refractivity contribution in [1.29, 1.82) is 0 Å². The average Bonchev–Trinajstić information content (AvgIpc) is 2.38. The molecule has 0 aromatic heterocycles. The van der Waals surface area contributed by atoms with E-state index in [0.29, 0.717) is 5.56 Å². The molecule has 1 aromatic rings. The van der Waals surface area contributed by atoms with Crippen LogP contribution in [0.25, 0.3) is 0 Å². The van der Waals surface area contributed by atoms with E-state index in [4.69, 9.17) is 0 Å². The zero-order chi connectivity index (χ0) is 14.4. The molecule has 1 amide bonds. The number of carbonyl (C=O) groups excluding carboxylic acids is 2. The van der Waals surface area contributed by atoms with Crippen molar-refractivity contribution >= 4 is 17.4 Å². The number of carbonyl (C=O) groups is 2. The van der Waals surface area contributed by atoms with Gasteiger partial charge < -0.3 is 5.32 Å². The van der Waals surface area contributed by atoms with Crippen LogP contribution in [0.1, 0.15) is 62.2 Å². The molecule has 0 aliphatic heterocycles. The smallest absolute Gasteiger partial charge is 0.227 e. The van der Waals surface area contributed by atoms with Crippen LogP contribution in [0.15, 0.2) is 24.3 Å². The van der Waals surface area contributed by atoms with E-state index in [1.165, 1.54) is 26.2 Å². The maximum Gasteiger partial charge on any atom is 0.227 e. The third-order valence-corrected chi connectivity index (χ3v) is 4.01. The van der Waals surface area contributed by atoms with Crippen LogP contribution in [0, 0.1) is 5.92 Å². The van der Waals surface area contributed by atoms with E-state index < -0.39 is 0 Å². The van der Waals surface area contributed by atoms with Gasteiger partial charge in [-0.1, -0.05) is 44.2 Å². The van der Waals surface area contributed by atoms with Gasteiger partial charge in [0.2, 0.25) is 5.91 Å². The fraction of sp³-hybridized carbons (Fsp3) is 0.529. The van der Waals surface area contributed by atoms with Gasteiger partial charge in [0, 0.05) is 17.2 Å². The summed E-state index contributed by atoms with van der Waals surface area (Å²) in [7, 11) is 0. The Morgan fingerprint density at radius 2 is 1.70 bits per heavy atom. The second-order valence-electron chi connectivity index (χ2n) is 5.67. The van der Waals surface area contributed by atoms with Gasteiger partial charge in [-0.25, -0.2) is 0 Å². The van der Waals surface area contributed by atoms with Gasteiger partial charge in [-0.3, -0.25) is 9.59 Å². The van der Waals surface area contributed by atoms with E-state index in [1.807, 2.05) is 12.1 Å². The molecule has 1 aliphatic rings. The Balaban J connectivity index is 1.99. The Bertz CT molecular complexity index is 474. The van der Waals surface area contributed by atoms with Crippen LogP contribution < -0.4 is 5.32 Å². The molecule has 1 aromatic carbocycles. The lowest BCUT2D eigenvalue weighted by atomic mass is 9.90. The monoisotopic (exact) mass is 273 g/mol. The largest absolute Gasteiger partial charge is 0.326 e.